The second kappa shape index (κ2) is 7.20. The van der Waals surface area contributed by atoms with Crippen LogP contribution < -0.4 is 10.5 Å². The van der Waals surface area contributed by atoms with Crippen molar-refractivity contribution in [1.29, 1.82) is 0 Å². The van der Waals surface area contributed by atoms with Crippen LogP contribution in [0, 0.1) is 0 Å². The van der Waals surface area contributed by atoms with E-state index in [0.29, 0.717) is 23.3 Å². The number of methoxy groups -OCH3 is 1. The summed E-state index contributed by atoms with van der Waals surface area (Å²) >= 11 is 0. The number of hydrogen-bond donors (Lipinski definition) is 1. The van der Waals surface area contributed by atoms with E-state index in [1.165, 1.54) is 7.11 Å². The van der Waals surface area contributed by atoms with Crippen LogP contribution in [0.5, 0.6) is 5.75 Å². The van der Waals surface area contributed by atoms with Crippen LogP contribution in [0.2, 0.25) is 0 Å². The van der Waals surface area contributed by atoms with E-state index in [0.717, 1.165) is 0 Å². The average Bonchev–Trinajstić information content (AvgIpc) is 2.43. The number of rotatable bonds is 6. The molecule has 19 heavy (non-hydrogen) atoms. The Hall–Kier alpha value is -2.30. The molecule has 5 nitrogen and oxygen atoms in total. The molecule has 0 aliphatic carbocycles. The molecular formula is C14H17NO4. The van der Waals surface area contributed by atoms with E-state index in [-0.39, 0.29) is 12.6 Å². The van der Waals surface area contributed by atoms with Gasteiger partial charge < -0.3 is 15.2 Å². The SMILES string of the molecule is CCC(=CCOc1cccc(C(N)=O)c1)C(=O)OC. The number of ether oxygens (including phenoxy) is 2. The van der Waals surface area contributed by atoms with Gasteiger partial charge in [-0.2, -0.15) is 0 Å². The summed E-state index contributed by atoms with van der Waals surface area (Å²) in [6.45, 7) is 2.08. The molecule has 0 atom stereocenters. The second-order valence-electron chi connectivity index (χ2n) is 3.78. The molecule has 0 radical (unpaired) electrons. The van der Waals surface area contributed by atoms with E-state index < -0.39 is 5.91 Å². The first-order valence-corrected chi connectivity index (χ1v) is 5.88. The summed E-state index contributed by atoms with van der Waals surface area (Å²) in [4.78, 5) is 22.3. The largest absolute Gasteiger partial charge is 0.489 e. The molecule has 5 heteroatoms. The zero-order chi connectivity index (χ0) is 14.3. The van der Waals surface area contributed by atoms with Crippen LogP contribution in [0.15, 0.2) is 35.9 Å². The van der Waals surface area contributed by atoms with Crippen LogP contribution in [-0.2, 0) is 9.53 Å². The van der Waals surface area contributed by atoms with Crippen molar-refractivity contribution in [2.75, 3.05) is 13.7 Å². The smallest absolute Gasteiger partial charge is 0.333 e. The molecule has 102 valence electrons. The normalized spacial score (nSPS) is 10.9. The van der Waals surface area contributed by atoms with Gasteiger partial charge in [-0.3, -0.25) is 4.79 Å². The van der Waals surface area contributed by atoms with Crippen molar-refractivity contribution >= 4 is 11.9 Å². The lowest BCUT2D eigenvalue weighted by molar-refractivity contribution is -0.136. The maximum Gasteiger partial charge on any atom is 0.333 e. The first-order chi connectivity index (χ1) is 9.08. The molecule has 1 aromatic carbocycles. The van der Waals surface area contributed by atoms with Gasteiger partial charge in [-0.25, -0.2) is 4.79 Å². The summed E-state index contributed by atoms with van der Waals surface area (Å²) in [5.74, 6) is -0.352. The number of benzene rings is 1. The van der Waals surface area contributed by atoms with Crippen molar-refractivity contribution in [1.82, 2.24) is 0 Å². The van der Waals surface area contributed by atoms with Crippen LogP contribution >= 0.6 is 0 Å². The van der Waals surface area contributed by atoms with Gasteiger partial charge in [-0.1, -0.05) is 13.0 Å². The fourth-order valence-electron chi connectivity index (χ4n) is 1.48. The summed E-state index contributed by atoms with van der Waals surface area (Å²) in [7, 11) is 1.34. The number of carbonyl (C=O) groups is 2. The quantitative estimate of drug-likeness (QED) is 0.625. The number of nitrogens with two attached hydrogens (primary N) is 1. The van der Waals surface area contributed by atoms with Crippen molar-refractivity contribution in [3.63, 3.8) is 0 Å². The Morgan fingerprint density at radius 1 is 1.37 bits per heavy atom. The summed E-state index contributed by atoms with van der Waals surface area (Å²) < 4.78 is 10.1. The Balaban J connectivity index is 2.66. The fourth-order valence-corrected chi connectivity index (χ4v) is 1.48. The molecule has 0 aromatic heterocycles. The van der Waals surface area contributed by atoms with Crippen LogP contribution in [0.3, 0.4) is 0 Å². The molecule has 1 amide bonds. The Morgan fingerprint density at radius 3 is 2.68 bits per heavy atom. The van der Waals surface area contributed by atoms with Gasteiger partial charge in [0, 0.05) is 11.1 Å². The van der Waals surface area contributed by atoms with E-state index >= 15 is 0 Å². The van der Waals surface area contributed by atoms with Gasteiger partial charge in [0.25, 0.3) is 0 Å². The molecule has 1 rings (SSSR count). The summed E-state index contributed by atoms with van der Waals surface area (Å²) in [5, 5.41) is 0. The van der Waals surface area contributed by atoms with Crippen molar-refractivity contribution in [2.24, 2.45) is 5.73 Å². The first-order valence-electron chi connectivity index (χ1n) is 5.88. The number of hydrogen-bond acceptors (Lipinski definition) is 4. The minimum absolute atomic E-state index is 0.223. The highest BCUT2D eigenvalue weighted by Gasteiger charge is 2.06. The third-order valence-corrected chi connectivity index (χ3v) is 2.53. The van der Waals surface area contributed by atoms with E-state index in [2.05, 4.69) is 4.74 Å². The van der Waals surface area contributed by atoms with Gasteiger partial charge in [0.1, 0.15) is 12.4 Å². The Labute approximate surface area is 112 Å². The lowest BCUT2D eigenvalue weighted by atomic mass is 10.2. The molecule has 0 saturated heterocycles. The molecule has 0 fully saturated rings. The predicted molar refractivity (Wildman–Crippen MR) is 70.8 cm³/mol. The van der Waals surface area contributed by atoms with Gasteiger partial charge in [0.05, 0.1) is 7.11 Å². The van der Waals surface area contributed by atoms with Crippen LogP contribution in [0.1, 0.15) is 23.7 Å². The number of amides is 1. The highest BCUT2D eigenvalue weighted by Crippen LogP contribution is 2.13. The van der Waals surface area contributed by atoms with Gasteiger partial charge in [0.15, 0.2) is 0 Å². The monoisotopic (exact) mass is 263 g/mol. The number of esters is 1. The van der Waals surface area contributed by atoms with Crippen LogP contribution in [0.4, 0.5) is 0 Å². The van der Waals surface area contributed by atoms with E-state index in [4.69, 9.17) is 10.5 Å². The van der Waals surface area contributed by atoms with Crippen molar-refractivity contribution in [3.8, 4) is 5.75 Å². The molecule has 2 N–H and O–H groups in total. The zero-order valence-electron chi connectivity index (χ0n) is 11.0. The van der Waals surface area contributed by atoms with Crippen molar-refractivity contribution in [3.05, 3.63) is 41.5 Å². The molecule has 0 spiro atoms. The average molecular weight is 263 g/mol. The number of carbonyl (C=O) groups excluding carboxylic acids is 2. The molecular weight excluding hydrogens is 246 g/mol. The third-order valence-electron chi connectivity index (χ3n) is 2.53. The summed E-state index contributed by atoms with van der Waals surface area (Å²) in [6, 6.07) is 6.56. The second-order valence-corrected chi connectivity index (χ2v) is 3.78. The highest BCUT2D eigenvalue weighted by molar-refractivity contribution is 5.93. The molecule has 0 unspecified atom stereocenters. The summed E-state index contributed by atoms with van der Waals surface area (Å²) in [6.07, 6.45) is 2.22. The fraction of sp³-hybridized carbons (Fsp3) is 0.286. The van der Waals surface area contributed by atoms with Crippen molar-refractivity contribution < 1.29 is 19.1 Å². The van der Waals surface area contributed by atoms with E-state index in [1.54, 1.807) is 30.3 Å². The molecule has 0 heterocycles. The standard InChI is InChI=1S/C14H17NO4/c1-3-10(14(17)18-2)7-8-19-12-6-4-5-11(9-12)13(15)16/h4-7,9H,3,8H2,1-2H3,(H2,15,16). The topological polar surface area (TPSA) is 78.6 Å². The zero-order valence-corrected chi connectivity index (χ0v) is 11.0. The third kappa shape index (κ3) is 4.46. The minimum Gasteiger partial charge on any atom is -0.489 e. The van der Waals surface area contributed by atoms with Gasteiger partial charge in [-0.05, 0) is 30.7 Å². The summed E-state index contributed by atoms with van der Waals surface area (Å²) in [5.41, 5.74) is 6.10. The Kier molecular flexibility index (Phi) is 5.60. The first kappa shape index (κ1) is 14.8. The van der Waals surface area contributed by atoms with Gasteiger partial charge in [-0.15, -0.1) is 0 Å². The Bertz CT molecular complexity index is 494. The predicted octanol–water partition coefficient (Wildman–Crippen LogP) is 1.67. The van der Waals surface area contributed by atoms with Crippen LogP contribution in [-0.4, -0.2) is 25.6 Å². The highest BCUT2D eigenvalue weighted by atomic mass is 16.5. The molecule has 0 aliphatic heterocycles. The molecule has 0 aliphatic rings. The number of primary amides is 1. The van der Waals surface area contributed by atoms with E-state index in [1.807, 2.05) is 6.92 Å². The Morgan fingerprint density at radius 2 is 2.11 bits per heavy atom. The maximum absolute atomic E-state index is 11.3. The van der Waals surface area contributed by atoms with E-state index in [9.17, 15) is 9.59 Å². The minimum atomic E-state index is -0.509. The van der Waals surface area contributed by atoms with Gasteiger partial charge in [0.2, 0.25) is 5.91 Å². The lowest BCUT2D eigenvalue weighted by Gasteiger charge is -2.06. The van der Waals surface area contributed by atoms with Gasteiger partial charge >= 0.3 is 5.97 Å². The lowest BCUT2D eigenvalue weighted by Crippen LogP contribution is -2.11. The molecule has 0 saturated carbocycles. The van der Waals surface area contributed by atoms with Crippen LogP contribution in [0.25, 0.3) is 0 Å². The van der Waals surface area contributed by atoms with Crippen molar-refractivity contribution in [2.45, 2.75) is 13.3 Å². The molecule has 1 aromatic rings. The maximum atomic E-state index is 11.3. The molecule has 0 bridgehead atoms.